The molecular formula is C12H11F2N3O2. The third-order valence-electron chi connectivity index (χ3n) is 2.67. The van der Waals surface area contributed by atoms with Gasteiger partial charge in [-0.15, -0.1) is 0 Å². The molecule has 0 aliphatic heterocycles. The summed E-state index contributed by atoms with van der Waals surface area (Å²) in [6, 6.07) is 3.01. The number of aromatic carboxylic acids is 1. The molecule has 0 atom stereocenters. The average molecular weight is 267 g/mol. The highest BCUT2D eigenvalue weighted by Gasteiger charge is 2.15. The van der Waals surface area contributed by atoms with Crippen molar-refractivity contribution in [2.24, 2.45) is 7.05 Å². The first-order valence-corrected chi connectivity index (χ1v) is 5.42. The largest absolute Gasteiger partial charge is 0.478 e. The fourth-order valence-electron chi connectivity index (χ4n) is 1.66. The van der Waals surface area contributed by atoms with Gasteiger partial charge in [0.25, 0.3) is 0 Å². The highest BCUT2D eigenvalue weighted by Crippen LogP contribution is 2.17. The van der Waals surface area contributed by atoms with E-state index in [4.69, 9.17) is 5.11 Å². The Morgan fingerprint density at radius 1 is 1.47 bits per heavy atom. The fraction of sp³-hybridized carbons (Fsp3) is 0.167. The summed E-state index contributed by atoms with van der Waals surface area (Å²) in [7, 11) is 1.57. The van der Waals surface area contributed by atoms with Gasteiger partial charge in [0.05, 0.1) is 24.1 Å². The smallest absolute Gasteiger partial charge is 0.339 e. The van der Waals surface area contributed by atoms with Crippen LogP contribution in [0.25, 0.3) is 0 Å². The van der Waals surface area contributed by atoms with Gasteiger partial charge in [-0.05, 0) is 18.2 Å². The molecule has 2 aromatic rings. The number of carboxylic acids is 1. The van der Waals surface area contributed by atoms with Crippen LogP contribution in [-0.4, -0.2) is 20.9 Å². The quantitative estimate of drug-likeness (QED) is 0.889. The third-order valence-corrected chi connectivity index (χ3v) is 2.67. The molecule has 0 unspecified atom stereocenters. The van der Waals surface area contributed by atoms with Crippen LogP contribution < -0.4 is 5.32 Å². The Labute approximate surface area is 107 Å². The molecule has 7 heteroatoms. The number of halogens is 2. The van der Waals surface area contributed by atoms with Crippen LogP contribution in [0.1, 0.15) is 16.1 Å². The highest BCUT2D eigenvalue weighted by atomic mass is 19.1. The molecule has 0 amide bonds. The summed E-state index contributed by atoms with van der Waals surface area (Å²) < 4.78 is 27.7. The van der Waals surface area contributed by atoms with Crippen LogP contribution in [0.3, 0.4) is 0 Å². The van der Waals surface area contributed by atoms with Crippen molar-refractivity contribution in [2.75, 3.05) is 5.32 Å². The maximum absolute atomic E-state index is 13.4. The van der Waals surface area contributed by atoms with Crippen molar-refractivity contribution in [1.82, 2.24) is 9.78 Å². The van der Waals surface area contributed by atoms with E-state index in [0.29, 0.717) is 5.69 Å². The molecule has 2 rings (SSSR count). The van der Waals surface area contributed by atoms with E-state index in [9.17, 15) is 13.6 Å². The molecule has 1 heterocycles. The second-order valence-electron chi connectivity index (χ2n) is 3.91. The lowest BCUT2D eigenvalue weighted by atomic mass is 10.2. The number of hydrogen-bond acceptors (Lipinski definition) is 3. The van der Waals surface area contributed by atoms with E-state index < -0.39 is 17.6 Å². The van der Waals surface area contributed by atoms with Crippen molar-refractivity contribution in [3.63, 3.8) is 0 Å². The van der Waals surface area contributed by atoms with Crippen LogP contribution >= 0.6 is 0 Å². The minimum atomic E-state index is -1.12. The zero-order chi connectivity index (χ0) is 14.0. The zero-order valence-electron chi connectivity index (χ0n) is 10.0. The monoisotopic (exact) mass is 267 g/mol. The van der Waals surface area contributed by atoms with E-state index in [1.165, 1.54) is 10.9 Å². The molecule has 19 heavy (non-hydrogen) atoms. The number of carbonyl (C=O) groups is 1. The van der Waals surface area contributed by atoms with Crippen molar-refractivity contribution >= 4 is 11.7 Å². The number of nitrogens with one attached hydrogen (secondary N) is 1. The van der Waals surface area contributed by atoms with Crippen LogP contribution in [0.2, 0.25) is 0 Å². The number of aryl methyl sites for hydroxylation is 1. The molecule has 0 saturated heterocycles. The summed E-state index contributed by atoms with van der Waals surface area (Å²) in [5.41, 5.74) is 0.362. The molecule has 5 nitrogen and oxygen atoms in total. The average Bonchev–Trinajstić information content (AvgIpc) is 2.72. The van der Waals surface area contributed by atoms with Crippen molar-refractivity contribution in [3.05, 3.63) is 47.3 Å². The third kappa shape index (κ3) is 2.70. The van der Waals surface area contributed by atoms with E-state index in [1.54, 1.807) is 7.05 Å². The van der Waals surface area contributed by atoms with Gasteiger partial charge in [0.1, 0.15) is 17.2 Å². The number of carboxylic acid groups (broad SMARTS) is 1. The van der Waals surface area contributed by atoms with Crippen LogP contribution in [0.15, 0.2) is 24.4 Å². The predicted octanol–water partition coefficient (Wildman–Crippen LogP) is 2.01. The molecule has 0 spiro atoms. The Balaban J connectivity index is 2.21. The summed E-state index contributed by atoms with van der Waals surface area (Å²) in [5, 5.41) is 15.4. The molecule has 2 N–H and O–H groups in total. The van der Waals surface area contributed by atoms with E-state index >= 15 is 0 Å². The molecule has 0 radical (unpaired) electrons. The molecule has 0 fully saturated rings. The lowest BCUT2D eigenvalue weighted by molar-refractivity contribution is 0.0695. The Morgan fingerprint density at radius 3 is 2.89 bits per heavy atom. The number of hydrogen-bond donors (Lipinski definition) is 2. The van der Waals surface area contributed by atoms with Crippen molar-refractivity contribution in [2.45, 2.75) is 6.54 Å². The minimum Gasteiger partial charge on any atom is -0.478 e. The van der Waals surface area contributed by atoms with E-state index in [1.807, 2.05) is 0 Å². The Morgan fingerprint density at radius 2 is 2.21 bits per heavy atom. The second kappa shape index (κ2) is 5.05. The van der Waals surface area contributed by atoms with Gasteiger partial charge >= 0.3 is 5.97 Å². The molecular weight excluding hydrogens is 256 g/mol. The number of aromatic nitrogens is 2. The summed E-state index contributed by atoms with van der Waals surface area (Å²) in [6.07, 6.45) is 1.21. The van der Waals surface area contributed by atoms with Gasteiger partial charge in [0.2, 0.25) is 0 Å². The standard InChI is InChI=1S/C12H11F2N3O2/c1-17-11(8(5-16-17)12(18)19)6-15-10-4-7(13)2-3-9(10)14/h2-5,15H,6H2,1H3,(H,18,19). The summed E-state index contributed by atoms with van der Waals surface area (Å²) in [5.74, 6) is -2.31. The van der Waals surface area contributed by atoms with Gasteiger partial charge in [-0.25, -0.2) is 13.6 Å². The molecule has 0 saturated carbocycles. The first-order valence-electron chi connectivity index (χ1n) is 5.42. The summed E-state index contributed by atoms with van der Waals surface area (Å²) >= 11 is 0. The second-order valence-corrected chi connectivity index (χ2v) is 3.91. The summed E-state index contributed by atoms with van der Waals surface area (Å²) in [6.45, 7) is 0.0263. The lowest BCUT2D eigenvalue weighted by Gasteiger charge is -2.09. The maximum Gasteiger partial charge on any atom is 0.339 e. The normalized spacial score (nSPS) is 10.5. The van der Waals surface area contributed by atoms with Crippen LogP contribution in [0, 0.1) is 11.6 Å². The topological polar surface area (TPSA) is 67.2 Å². The van der Waals surface area contributed by atoms with Gasteiger partial charge in [-0.1, -0.05) is 0 Å². The Hall–Kier alpha value is -2.44. The number of anilines is 1. The minimum absolute atomic E-state index is 0.0202. The number of rotatable bonds is 4. The fourth-order valence-corrected chi connectivity index (χ4v) is 1.66. The SMILES string of the molecule is Cn1ncc(C(=O)O)c1CNc1cc(F)ccc1F. The van der Waals surface area contributed by atoms with Gasteiger partial charge in [0, 0.05) is 7.05 Å². The molecule has 0 bridgehead atoms. The molecule has 0 aliphatic rings. The van der Waals surface area contributed by atoms with Crippen LogP contribution in [-0.2, 0) is 13.6 Å². The molecule has 1 aromatic carbocycles. The lowest BCUT2D eigenvalue weighted by Crippen LogP contribution is -2.11. The Bertz CT molecular complexity index is 625. The number of benzene rings is 1. The van der Waals surface area contributed by atoms with E-state index in [0.717, 1.165) is 18.2 Å². The predicted molar refractivity (Wildman–Crippen MR) is 63.9 cm³/mol. The zero-order valence-corrected chi connectivity index (χ0v) is 10.0. The number of nitrogens with zero attached hydrogens (tertiary/aromatic N) is 2. The van der Waals surface area contributed by atoms with Crippen LogP contribution in [0.5, 0.6) is 0 Å². The van der Waals surface area contributed by atoms with Gasteiger partial charge in [-0.3, -0.25) is 4.68 Å². The van der Waals surface area contributed by atoms with Crippen molar-refractivity contribution < 1.29 is 18.7 Å². The first-order chi connectivity index (χ1) is 8.99. The first kappa shape index (κ1) is 13.0. The van der Waals surface area contributed by atoms with Crippen molar-refractivity contribution in [1.29, 1.82) is 0 Å². The summed E-state index contributed by atoms with van der Waals surface area (Å²) in [4.78, 5) is 11.0. The van der Waals surface area contributed by atoms with Crippen LogP contribution in [0.4, 0.5) is 14.5 Å². The van der Waals surface area contributed by atoms with Gasteiger partial charge in [0.15, 0.2) is 0 Å². The van der Waals surface area contributed by atoms with Gasteiger partial charge in [-0.2, -0.15) is 5.10 Å². The Kier molecular flexibility index (Phi) is 3.46. The molecule has 0 aliphatic carbocycles. The van der Waals surface area contributed by atoms with Gasteiger partial charge < -0.3 is 10.4 Å². The molecule has 1 aromatic heterocycles. The highest BCUT2D eigenvalue weighted by molar-refractivity contribution is 5.88. The van der Waals surface area contributed by atoms with E-state index in [2.05, 4.69) is 10.4 Å². The maximum atomic E-state index is 13.4. The van der Waals surface area contributed by atoms with Crippen molar-refractivity contribution in [3.8, 4) is 0 Å². The van der Waals surface area contributed by atoms with E-state index in [-0.39, 0.29) is 17.8 Å². The molecule has 100 valence electrons.